The van der Waals surface area contributed by atoms with Crippen molar-refractivity contribution in [2.45, 2.75) is 13.3 Å². The van der Waals surface area contributed by atoms with Crippen molar-refractivity contribution in [3.05, 3.63) is 41.3 Å². The number of allylic oxidation sites excluding steroid dienone is 1. The predicted octanol–water partition coefficient (Wildman–Crippen LogP) is 3.81. The minimum absolute atomic E-state index is 0.335. The Morgan fingerprint density at radius 3 is 2.85 bits per heavy atom. The number of hydrogen-bond donors (Lipinski definition) is 1. The summed E-state index contributed by atoms with van der Waals surface area (Å²) in [5.41, 5.74) is 1.54. The summed E-state index contributed by atoms with van der Waals surface area (Å²) in [6, 6.07) is 4.22. The van der Waals surface area contributed by atoms with Gasteiger partial charge in [-0.1, -0.05) is 25.1 Å². The standard InChI is InChI=1S/C10H11ClFN/c1-3-7(2)13-10-5-4-8(12)6-9(10)11/h4-6,13H,2-3H2,1H3. The molecule has 1 aromatic carbocycles. The molecule has 0 aromatic heterocycles. The van der Waals surface area contributed by atoms with E-state index in [1.165, 1.54) is 12.1 Å². The Hall–Kier alpha value is -1.02. The molecule has 0 atom stereocenters. The van der Waals surface area contributed by atoms with E-state index in [-0.39, 0.29) is 5.82 Å². The molecule has 70 valence electrons. The lowest BCUT2D eigenvalue weighted by atomic mass is 10.3. The van der Waals surface area contributed by atoms with Crippen molar-refractivity contribution in [3.63, 3.8) is 0 Å². The second kappa shape index (κ2) is 4.28. The largest absolute Gasteiger partial charge is 0.358 e. The van der Waals surface area contributed by atoms with Gasteiger partial charge in [-0.3, -0.25) is 0 Å². The minimum atomic E-state index is -0.335. The SMILES string of the molecule is C=C(CC)Nc1ccc(F)cc1Cl. The van der Waals surface area contributed by atoms with Crippen molar-refractivity contribution >= 4 is 17.3 Å². The third-order valence-electron chi connectivity index (χ3n) is 1.67. The summed E-state index contributed by atoms with van der Waals surface area (Å²) in [5, 5.41) is 3.36. The molecule has 0 amide bonds. The van der Waals surface area contributed by atoms with Crippen LogP contribution in [0.1, 0.15) is 13.3 Å². The van der Waals surface area contributed by atoms with Crippen LogP contribution in [0, 0.1) is 5.82 Å². The van der Waals surface area contributed by atoms with Gasteiger partial charge in [0.2, 0.25) is 0 Å². The van der Waals surface area contributed by atoms with E-state index in [1.807, 2.05) is 6.92 Å². The van der Waals surface area contributed by atoms with Gasteiger partial charge in [0.25, 0.3) is 0 Å². The lowest BCUT2D eigenvalue weighted by Gasteiger charge is -2.08. The zero-order chi connectivity index (χ0) is 9.84. The molecule has 0 aliphatic carbocycles. The number of rotatable bonds is 3. The third-order valence-corrected chi connectivity index (χ3v) is 1.98. The van der Waals surface area contributed by atoms with Crippen LogP contribution in [0.25, 0.3) is 0 Å². The number of benzene rings is 1. The van der Waals surface area contributed by atoms with Crippen LogP contribution < -0.4 is 5.32 Å². The van der Waals surface area contributed by atoms with E-state index in [0.717, 1.165) is 12.1 Å². The highest BCUT2D eigenvalue weighted by molar-refractivity contribution is 6.33. The van der Waals surface area contributed by atoms with Crippen LogP contribution in [0.15, 0.2) is 30.5 Å². The van der Waals surface area contributed by atoms with E-state index in [0.29, 0.717) is 10.7 Å². The average molecular weight is 200 g/mol. The molecule has 0 saturated heterocycles. The average Bonchev–Trinajstić information content (AvgIpc) is 2.09. The van der Waals surface area contributed by atoms with Gasteiger partial charge < -0.3 is 5.32 Å². The molecule has 0 unspecified atom stereocenters. The van der Waals surface area contributed by atoms with E-state index in [9.17, 15) is 4.39 Å². The molecule has 0 aliphatic heterocycles. The van der Waals surface area contributed by atoms with Crippen molar-refractivity contribution in [1.82, 2.24) is 0 Å². The fourth-order valence-corrected chi connectivity index (χ4v) is 1.08. The summed E-state index contributed by atoms with van der Waals surface area (Å²) in [6.45, 7) is 5.75. The number of halogens is 2. The topological polar surface area (TPSA) is 12.0 Å². The normalized spacial score (nSPS) is 9.77. The third kappa shape index (κ3) is 2.74. The van der Waals surface area contributed by atoms with Crippen LogP contribution in [-0.2, 0) is 0 Å². The van der Waals surface area contributed by atoms with Gasteiger partial charge in [0.05, 0.1) is 10.7 Å². The van der Waals surface area contributed by atoms with Crippen molar-refractivity contribution in [2.24, 2.45) is 0 Å². The Labute approximate surface area is 82.2 Å². The number of hydrogen-bond acceptors (Lipinski definition) is 1. The first-order valence-corrected chi connectivity index (χ1v) is 4.41. The lowest BCUT2D eigenvalue weighted by Crippen LogP contribution is -1.97. The minimum Gasteiger partial charge on any atom is -0.358 e. The molecule has 0 aliphatic rings. The molecule has 1 rings (SSSR count). The molecule has 1 aromatic rings. The molecule has 0 saturated carbocycles. The Kier molecular flexibility index (Phi) is 3.32. The molecule has 13 heavy (non-hydrogen) atoms. The van der Waals surface area contributed by atoms with Gasteiger partial charge in [-0.15, -0.1) is 0 Å². The van der Waals surface area contributed by atoms with Gasteiger partial charge in [-0.05, 0) is 24.6 Å². The molecule has 0 fully saturated rings. The molecule has 0 spiro atoms. The smallest absolute Gasteiger partial charge is 0.124 e. The Morgan fingerprint density at radius 2 is 2.31 bits per heavy atom. The van der Waals surface area contributed by atoms with Crippen LogP contribution in [0.4, 0.5) is 10.1 Å². The van der Waals surface area contributed by atoms with Gasteiger partial charge in [0.1, 0.15) is 5.82 Å². The Morgan fingerprint density at radius 1 is 1.62 bits per heavy atom. The molecule has 3 heteroatoms. The highest BCUT2D eigenvalue weighted by Gasteiger charge is 2.01. The molecule has 1 N–H and O–H groups in total. The van der Waals surface area contributed by atoms with Gasteiger partial charge in [0, 0.05) is 5.70 Å². The molecule has 1 nitrogen and oxygen atoms in total. The molecular formula is C10H11ClFN. The van der Waals surface area contributed by atoms with E-state index < -0.39 is 0 Å². The van der Waals surface area contributed by atoms with E-state index in [4.69, 9.17) is 11.6 Å². The summed E-state index contributed by atoms with van der Waals surface area (Å²) >= 11 is 5.79. The van der Waals surface area contributed by atoms with Crippen LogP contribution in [-0.4, -0.2) is 0 Å². The maximum Gasteiger partial charge on any atom is 0.124 e. The van der Waals surface area contributed by atoms with Gasteiger partial charge in [0.15, 0.2) is 0 Å². The van der Waals surface area contributed by atoms with Crippen molar-refractivity contribution < 1.29 is 4.39 Å². The first-order chi connectivity index (χ1) is 6.13. The van der Waals surface area contributed by atoms with Gasteiger partial charge in [-0.2, -0.15) is 0 Å². The molecular weight excluding hydrogens is 189 g/mol. The Bertz CT molecular complexity index is 323. The second-order valence-corrected chi connectivity index (χ2v) is 3.11. The summed E-state index contributed by atoms with van der Waals surface area (Å²) < 4.78 is 12.6. The van der Waals surface area contributed by atoms with Crippen LogP contribution in [0.3, 0.4) is 0 Å². The highest BCUT2D eigenvalue weighted by atomic mass is 35.5. The second-order valence-electron chi connectivity index (χ2n) is 2.71. The highest BCUT2D eigenvalue weighted by Crippen LogP contribution is 2.23. The van der Waals surface area contributed by atoms with Gasteiger partial charge in [-0.25, -0.2) is 4.39 Å². The molecule has 0 heterocycles. The first-order valence-electron chi connectivity index (χ1n) is 4.03. The maximum atomic E-state index is 12.6. The number of nitrogens with one attached hydrogen (secondary N) is 1. The fourth-order valence-electron chi connectivity index (χ4n) is 0.870. The van der Waals surface area contributed by atoms with Crippen LogP contribution in [0.5, 0.6) is 0 Å². The van der Waals surface area contributed by atoms with E-state index >= 15 is 0 Å². The summed E-state index contributed by atoms with van der Waals surface area (Å²) in [4.78, 5) is 0. The van der Waals surface area contributed by atoms with E-state index in [1.54, 1.807) is 6.07 Å². The van der Waals surface area contributed by atoms with Crippen molar-refractivity contribution in [1.29, 1.82) is 0 Å². The van der Waals surface area contributed by atoms with Crippen molar-refractivity contribution in [2.75, 3.05) is 5.32 Å². The monoisotopic (exact) mass is 199 g/mol. The van der Waals surface area contributed by atoms with E-state index in [2.05, 4.69) is 11.9 Å². The maximum absolute atomic E-state index is 12.6. The summed E-state index contributed by atoms with van der Waals surface area (Å²) in [7, 11) is 0. The summed E-state index contributed by atoms with van der Waals surface area (Å²) in [6.07, 6.45) is 0.813. The first kappa shape index (κ1) is 10.1. The Balaban J connectivity index is 2.83. The summed E-state index contributed by atoms with van der Waals surface area (Å²) in [5.74, 6) is -0.335. The zero-order valence-electron chi connectivity index (χ0n) is 7.40. The number of anilines is 1. The van der Waals surface area contributed by atoms with Crippen LogP contribution in [0.2, 0.25) is 5.02 Å². The quantitative estimate of drug-likeness (QED) is 0.781. The van der Waals surface area contributed by atoms with Crippen molar-refractivity contribution in [3.8, 4) is 0 Å². The predicted molar refractivity (Wildman–Crippen MR) is 54.5 cm³/mol. The molecule has 0 radical (unpaired) electrons. The fraction of sp³-hybridized carbons (Fsp3) is 0.200. The molecule has 0 bridgehead atoms. The van der Waals surface area contributed by atoms with Crippen LogP contribution >= 0.6 is 11.6 Å². The lowest BCUT2D eigenvalue weighted by molar-refractivity contribution is 0.628. The van der Waals surface area contributed by atoms with Gasteiger partial charge >= 0.3 is 0 Å². The zero-order valence-corrected chi connectivity index (χ0v) is 8.16.